The second-order valence-electron chi connectivity index (χ2n) is 4.42. The van der Waals surface area contributed by atoms with Gasteiger partial charge in [0.05, 0.1) is 11.3 Å². The van der Waals surface area contributed by atoms with E-state index in [1.807, 2.05) is 6.07 Å². The zero-order valence-electron chi connectivity index (χ0n) is 11.7. The van der Waals surface area contributed by atoms with E-state index in [1.165, 1.54) is 0 Å². The molecule has 0 saturated carbocycles. The summed E-state index contributed by atoms with van der Waals surface area (Å²) in [7, 11) is 1.74. The fraction of sp³-hybridized carbons (Fsp3) is 0.267. The van der Waals surface area contributed by atoms with Gasteiger partial charge < -0.3 is 10.2 Å². The molecule has 0 aromatic carbocycles. The third-order valence-corrected chi connectivity index (χ3v) is 2.97. The van der Waals surface area contributed by atoms with E-state index in [2.05, 4.69) is 22.2 Å². The van der Waals surface area contributed by atoms with Gasteiger partial charge in [0.2, 0.25) is 0 Å². The van der Waals surface area contributed by atoms with Crippen LogP contribution in [0.25, 0.3) is 0 Å². The molecule has 2 aromatic rings. The number of anilines is 2. The summed E-state index contributed by atoms with van der Waals surface area (Å²) in [6.07, 6.45) is 7.60. The molecule has 0 saturated heterocycles. The van der Waals surface area contributed by atoms with Gasteiger partial charge in [0.25, 0.3) is 5.91 Å². The van der Waals surface area contributed by atoms with Gasteiger partial charge in [-0.15, -0.1) is 0 Å². The average molecular weight is 270 g/mol. The first-order chi connectivity index (χ1) is 9.74. The summed E-state index contributed by atoms with van der Waals surface area (Å²) >= 11 is 0. The molecular formula is C15H18N4O. The van der Waals surface area contributed by atoms with E-state index >= 15 is 0 Å². The Kier molecular flexibility index (Phi) is 4.65. The predicted molar refractivity (Wildman–Crippen MR) is 80.0 cm³/mol. The second-order valence-corrected chi connectivity index (χ2v) is 4.42. The molecule has 0 fully saturated rings. The SMILES string of the molecule is CCCNc1ccncc1C(=O)N(C)c1ccncc1. The number of nitrogens with one attached hydrogen (secondary N) is 1. The lowest BCUT2D eigenvalue weighted by Crippen LogP contribution is -2.27. The van der Waals surface area contributed by atoms with E-state index in [4.69, 9.17) is 0 Å². The van der Waals surface area contributed by atoms with Gasteiger partial charge in [0.15, 0.2) is 0 Å². The van der Waals surface area contributed by atoms with E-state index in [9.17, 15) is 4.79 Å². The molecule has 104 valence electrons. The highest BCUT2D eigenvalue weighted by molar-refractivity contribution is 6.09. The summed E-state index contributed by atoms with van der Waals surface area (Å²) in [6, 6.07) is 5.42. The maximum absolute atomic E-state index is 12.6. The van der Waals surface area contributed by atoms with Crippen LogP contribution in [0.4, 0.5) is 11.4 Å². The van der Waals surface area contributed by atoms with Crippen LogP contribution < -0.4 is 10.2 Å². The zero-order valence-corrected chi connectivity index (χ0v) is 11.7. The lowest BCUT2D eigenvalue weighted by molar-refractivity contribution is 0.0993. The summed E-state index contributed by atoms with van der Waals surface area (Å²) in [4.78, 5) is 22.2. The van der Waals surface area contributed by atoms with Crippen molar-refractivity contribution in [1.82, 2.24) is 9.97 Å². The van der Waals surface area contributed by atoms with E-state index in [-0.39, 0.29) is 5.91 Å². The molecule has 0 radical (unpaired) electrons. The first-order valence-corrected chi connectivity index (χ1v) is 6.60. The van der Waals surface area contributed by atoms with E-state index in [0.29, 0.717) is 5.56 Å². The highest BCUT2D eigenvalue weighted by atomic mass is 16.2. The fourth-order valence-electron chi connectivity index (χ4n) is 1.84. The van der Waals surface area contributed by atoms with Crippen molar-refractivity contribution in [2.45, 2.75) is 13.3 Å². The van der Waals surface area contributed by atoms with Crippen molar-refractivity contribution in [3.05, 3.63) is 48.5 Å². The number of rotatable bonds is 5. The molecule has 5 nitrogen and oxygen atoms in total. The Labute approximate surface area is 118 Å². The zero-order chi connectivity index (χ0) is 14.4. The quantitative estimate of drug-likeness (QED) is 0.907. The van der Waals surface area contributed by atoms with Gasteiger partial charge in [-0.2, -0.15) is 0 Å². The Morgan fingerprint density at radius 2 is 1.90 bits per heavy atom. The van der Waals surface area contributed by atoms with E-state index in [1.54, 1.807) is 48.9 Å². The molecule has 0 aliphatic carbocycles. The van der Waals surface area contributed by atoms with Gasteiger partial charge in [0.1, 0.15) is 0 Å². The van der Waals surface area contributed by atoms with Crippen molar-refractivity contribution in [1.29, 1.82) is 0 Å². The third-order valence-electron chi connectivity index (χ3n) is 2.97. The summed E-state index contributed by atoms with van der Waals surface area (Å²) < 4.78 is 0. The van der Waals surface area contributed by atoms with Crippen LogP contribution in [0.15, 0.2) is 43.0 Å². The predicted octanol–water partition coefficient (Wildman–Crippen LogP) is 2.58. The molecule has 1 amide bonds. The molecule has 2 aromatic heterocycles. The van der Waals surface area contributed by atoms with Gasteiger partial charge >= 0.3 is 0 Å². The maximum Gasteiger partial charge on any atom is 0.261 e. The van der Waals surface area contributed by atoms with Gasteiger partial charge in [-0.1, -0.05) is 6.92 Å². The lowest BCUT2D eigenvalue weighted by atomic mass is 10.2. The number of pyridine rings is 2. The van der Waals surface area contributed by atoms with E-state index in [0.717, 1.165) is 24.3 Å². The first-order valence-electron chi connectivity index (χ1n) is 6.60. The van der Waals surface area contributed by atoms with Gasteiger partial charge in [-0.3, -0.25) is 14.8 Å². The van der Waals surface area contributed by atoms with Crippen molar-refractivity contribution in [3.8, 4) is 0 Å². The van der Waals surface area contributed by atoms with Gasteiger partial charge in [-0.25, -0.2) is 0 Å². The monoisotopic (exact) mass is 270 g/mol. The number of carbonyl (C=O) groups is 1. The minimum Gasteiger partial charge on any atom is -0.384 e. The van der Waals surface area contributed by atoms with Crippen molar-refractivity contribution >= 4 is 17.3 Å². The molecule has 0 unspecified atom stereocenters. The highest BCUT2D eigenvalue weighted by Crippen LogP contribution is 2.19. The summed E-state index contributed by atoms with van der Waals surface area (Å²) in [5, 5.41) is 3.25. The molecule has 0 aliphatic heterocycles. The molecule has 0 atom stereocenters. The Balaban J connectivity index is 2.25. The minimum atomic E-state index is -0.0945. The molecule has 0 bridgehead atoms. The Bertz CT molecular complexity index is 571. The van der Waals surface area contributed by atoms with Crippen LogP contribution >= 0.6 is 0 Å². The molecule has 20 heavy (non-hydrogen) atoms. The number of hydrogen-bond donors (Lipinski definition) is 1. The van der Waals surface area contributed by atoms with Crippen LogP contribution in [-0.4, -0.2) is 29.5 Å². The van der Waals surface area contributed by atoms with Gasteiger partial charge in [-0.05, 0) is 24.6 Å². The van der Waals surface area contributed by atoms with Crippen LogP contribution in [0.3, 0.4) is 0 Å². The molecule has 0 aliphatic rings. The molecule has 2 heterocycles. The maximum atomic E-state index is 12.6. The van der Waals surface area contributed by atoms with Crippen molar-refractivity contribution in [2.24, 2.45) is 0 Å². The number of carbonyl (C=O) groups excluding carboxylic acids is 1. The van der Waals surface area contributed by atoms with Crippen LogP contribution in [0, 0.1) is 0 Å². The summed E-state index contributed by atoms with van der Waals surface area (Å²) in [5.74, 6) is -0.0945. The standard InChI is InChI=1S/C15H18N4O/c1-3-7-18-14-6-10-17-11-13(14)15(20)19(2)12-4-8-16-9-5-12/h4-6,8-11H,3,7H2,1-2H3,(H,17,18). The smallest absolute Gasteiger partial charge is 0.261 e. The van der Waals surface area contributed by atoms with Crippen LogP contribution in [0.2, 0.25) is 0 Å². The van der Waals surface area contributed by atoms with E-state index < -0.39 is 0 Å². The molecule has 1 N–H and O–H groups in total. The second kappa shape index (κ2) is 6.65. The Hall–Kier alpha value is -2.43. The Morgan fingerprint density at radius 1 is 1.20 bits per heavy atom. The van der Waals surface area contributed by atoms with Crippen LogP contribution in [0.1, 0.15) is 23.7 Å². The lowest BCUT2D eigenvalue weighted by Gasteiger charge is -2.19. The summed E-state index contributed by atoms with van der Waals surface area (Å²) in [5.41, 5.74) is 2.18. The highest BCUT2D eigenvalue weighted by Gasteiger charge is 2.17. The summed E-state index contributed by atoms with van der Waals surface area (Å²) in [6.45, 7) is 2.90. The van der Waals surface area contributed by atoms with Crippen LogP contribution in [-0.2, 0) is 0 Å². The number of nitrogens with zero attached hydrogens (tertiary/aromatic N) is 3. The normalized spacial score (nSPS) is 10.1. The molecule has 2 rings (SSSR count). The average Bonchev–Trinajstić information content (AvgIpc) is 2.52. The van der Waals surface area contributed by atoms with Gasteiger partial charge in [0, 0.05) is 44.1 Å². The van der Waals surface area contributed by atoms with Crippen molar-refractivity contribution < 1.29 is 4.79 Å². The van der Waals surface area contributed by atoms with Crippen molar-refractivity contribution in [3.63, 3.8) is 0 Å². The topological polar surface area (TPSA) is 58.1 Å². The first kappa shape index (κ1) is 14.0. The van der Waals surface area contributed by atoms with Crippen LogP contribution in [0.5, 0.6) is 0 Å². The minimum absolute atomic E-state index is 0.0945. The third kappa shape index (κ3) is 3.12. The molecular weight excluding hydrogens is 252 g/mol. The molecule has 5 heteroatoms. The van der Waals surface area contributed by atoms with Crippen molar-refractivity contribution in [2.75, 3.05) is 23.8 Å². The number of hydrogen-bond acceptors (Lipinski definition) is 4. The fourth-order valence-corrected chi connectivity index (χ4v) is 1.84. The number of amides is 1. The molecule has 0 spiro atoms. The largest absolute Gasteiger partial charge is 0.384 e. The Morgan fingerprint density at radius 3 is 2.60 bits per heavy atom. The number of aromatic nitrogens is 2.